The van der Waals surface area contributed by atoms with Gasteiger partial charge in [-0.3, -0.25) is 9.69 Å². The number of nitrogens with zero attached hydrogens (tertiary/aromatic N) is 2. The van der Waals surface area contributed by atoms with Gasteiger partial charge in [-0.25, -0.2) is 0 Å². The molecule has 0 N–H and O–H groups in total. The van der Waals surface area contributed by atoms with Gasteiger partial charge in [0.15, 0.2) is 0 Å². The second kappa shape index (κ2) is 4.22. The summed E-state index contributed by atoms with van der Waals surface area (Å²) in [5.74, 6) is 1.63. The highest BCUT2D eigenvalue weighted by molar-refractivity contribution is 5.81. The SMILES string of the molecule is O=C1[C@@H]2CC(CN3CCCC[C@@H]23)C2CCCCN12. The molecule has 18 heavy (non-hydrogen) atoms. The van der Waals surface area contributed by atoms with Crippen molar-refractivity contribution in [3.8, 4) is 0 Å². The maximum Gasteiger partial charge on any atom is 0.227 e. The third-order valence-corrected chi connectivity index (χ3v) is 5.85. The van der Waals surface area contributed by atoms with Crippen LogP contribution in [0.4, 0.5) is 0 Å². The van der Waals surface area contributed by atoms with Crippen LogP contribution >= 0.6 is 0 Å². The van der Waals surface area contributed by atoms with Gasteiger partial charge >= 0.3 is 0 Å². The van der Waals surface area contributed by atoms with Gasteiger partial charge in [-0.2, -0.15) is 0 Å². The molecule has 0 saturated carbocycles. The van der Waals surface area contributed by atoms with Crippen LogP contribution in [0, 0.1) is 11.8 Å². The molecular weight excluding hydrogens is 224 g/mol. The van der Waals surface area contributed by atoms with Gasteiger partial charge in [-0.1, -0.05) is 6.42 Å². The average molecular weight is 248 g/mol. The van der Waals surface area contributed by atoms with Gasteiger partial charge in [-0.05, 0) is 51.0 Å². The molecular formula is C15H24N2O. The predicted octanol–water partition coefficient (Wildman–Crippen LogP) is 1.87. The summed E-state index contributed by atoms with van der Waals surface area (Å²) in [5.41, 5.74) is 0. The molecule has 0 aliphatic carbocycles. The summed E-state index contributed by atoms with van der Waals surface area (Å²) >= 11 is 0. The Balaban J connectivity index is 1.63. The fraction of sp³-hybridized carbons (Fsp3) is 0.933. The Labute approximate surface area is 110 Å². The Morgan fingerprint density at radius 1 is 0.944 bits per heavy atom. The van der Waals surface area contributed by atoms with E-state index in [1.807, 2.05) is 0 Å². The maximum atomic E-state index is 12.7. The lowest BCUT2D eigenvalue weighted by Gasteiger charge is -2.56. The van der Waals surface area contributed by atoms with Crippen molar-refractivity contribution in [3.05, 3.63) is 0 Å². The van der Waals surface area contributed by atoms with Gasteiger partial charge in [0.2, 0.25) is 5.91 Å². The Bertz CT molecular complexity index is 354. The highest BCUT2D eigenvalue weighted by atomic mass is 16.2. The Morgan fingerprint density at radius 2 is 1.72 bits per heavy atom. The summed E-state index contributed by atoms with van der Waals surface area (Å²) in [5, 5.41) is 0. The smallest absolute Gasteiger partial charge is 0.227 e. The number of carbonyl (C=O) groups excluding carboxylic acids is 1. The van der Waals surface area contributed by atoms with E-state index in [2.05, 4.69) is 9.80 Å². The molecule has 4 saturated heterocycles. The van der Waals surface area contributed by atoms with Crippen LogP contribution in [0.2, 0.25) is 0 Å². The zero-order chi connectivity index (χ0) is 12.1. The summed E-state index contributed by atoms with van der Waals surface area (Å²) in [7, 11) is 0. The molecule has 4 aliphatic heterocycles. The molecule has 1 amide bonds. The van der Waals surface area contributed by atoms with Crippen molar-refractivity contribution >= 4 is 5.91 Å². The van der Waals surface area contributed by atoms with Gasteiger partial charge in [0.25, 0.3) is 0 Å². The van der Waals surface area contributed by atoms with Crippen molar-refractivity contribution in [2.45, 2.75) is 57.0 Å². The molecule has 0 aromatic carbocycles. The van der Waals surface area contributed by atoms with Crippen molar-refractivity contribution in [2.24, 2.45) is 11.8 Å². The van der Waals surface area contributed by atoms with Crippen molar-refractivity contribution in [2.75, 3.05) is 19.6 Å². The molecule has 3 heteroatoms. The number of rotatable bonds is 0. The van der Waals surface area contributed by atoms with Crippen LogP contribution in [0.3, 0.4) is 0 Å². The molecule has 2 unspecified atom stereocenters. The third kappa shape index (κ3) is 1.56. The number of carbonyl (C=O) groups is 1. The number of amides is 1. The first-order valence-corrected chi connectivity index (χ1v) is 7.89. The second-order valence-electron chi connectivity index (χ2n) is 6.76. The van der Waals surface area contributed by atoms with Crippen molar-refractivity contribution in [1.29, 1.82) is 0 Å². The van der Waals surface area contributed by atoms with Crippen LogP contribution in [-0.2, 0) is 4.79 Å². The van der Waals surface area contributed by atoms with Crippen molar-refractivity contribution < 1.29 is 4.79 Å². The van der Waals surface area contributed by atoms with E-state index in [4.69, 9.17) is 0 Å². The first-order chi connectivity index (χ1) is 8.84. The van der Waals surface area contributed by atoms with Gasteiger partial charge in [0.1, 0.15) is 0 Å². The summed E-state index contributed by atoms with van der Waals surface area (Å²) < 4.78 is 0. The fourth-order valence-electron chi connectivity index (χ4n) is 5.04. The van der Waals surface area contributed by atoms with Gasteiger partial charge in [0.05, 0.1) is 5.92 Å². The Kier molecular flexibility index (Phi) is 2.65. The van der Waals surface area contributed by atoms with Crippen LogP contribution in [0.5, 0.6) is 0 Å². The summed E-state index contributed by atoms with van der Waals surface area (Å²) in [6, 6.07) is 1.18. The van der Waals surface area contributed by atoms with E-state index in [9.17, 15) is 4.79 Å². The topological polar surface area (TPSA) is 23.6 Å². The largest absolute Gasteiger partial charge is 0.339 e. The summed E-state index contributed by atoms with van der Waals surface area (Å²) in [6.45, 7) is 3.57. The van der Waals surface area contributed by atoms with E-state index in [1.165, 1.54) is 58.0 Å². The second-order valence-corrected chi connectivity index (χ2v) is 6.76. The lowest BCUT2D eigenvalue weighted by atomic mass is 9.70. The minimum atomic E-state index is 0.346. The maximum absolute atomic E-state index is 12.7. The quantitative estimate of drug-likeness (QED) is 0.653. The van der Waals surface area contributed by atoms with Crippen LogP contribution in [0.25, 0.3) is 0 Å². The van der Waals surface area contributed by atoms with Gasteiger partial charge in [0, 0.05) is 25.2 Å². The monoisotopic (exact) mass is 248 g/mol. The van der Waals surface area contributed by atoms with Crippen LogP contribution in [0.15, 0.2) is 0 Å². The molecule has 0 spiro atoms. The molecule has 4 aliphatic rings. The molecule has 0 aromatic rings. The molecule has 4 heterocycles. The standard InChI is InChI=1S/C15H24N2O/c18-15-12-9-11(13-5-2-4-8-17(13)15)10-16-7-3-1-6-14(12)16/h11-14H,1-10H2/t11?,12-,13?,14+/m1/s1. The third-order valence-electron chi connectivity index (χ3n) is 5.85. The lowest BCUT2D eigenvalue weighted by molar-refractivity contribution is -0.158. The molecule has 4 fully saturated rings. The highest BCUT2D eigenvalue weighted by Crippen LogP contribution is 2.43. The molecule has 4 atom stereocenters. The number of fused-ring (bicyclic) bond motifs is 6. The van der Waals surface area contributed by atoms with E-state index in [-0.39, 0.29) is 0 Å². The lowest BCUT2D eigenvalue weighted by Crippen LogP contribution is -2.65. The summed E-state index contributed by atoms with van der Waals surface area (Å²) in [6.07, 6.45) is 8.97. The number of hydrogen-bond donors (Lipinski definition) is 0. The Morgan fingerprint density at radius 3 is 2.61 bits per heavy atom. The average Bonchev–Trinajstić information content (AvgIpc) is 2.44. The molecule has 0 radical (unpaired) electrons. The van der Waals surface area contributed by atoms with E-state index in [0.29, 0.717) is 23.9 Å². The van der Waals surface area contributed by atoms with Gasteiger partial charge < -0.3 is 4.90 Å². The predicted molar refractivity (Wildman–Crippen MR) is 70.2 cm³/mol. The van der Waals surface area contributed by atoms with E-state index in [0.717, 1.165) is 12.5 Å². The Hall–Kier alpha value is -0.570. The zero-order valence-corrected chi connectivity index (χ0v) is 11.2. The minimum absolute atomic E-state index is 0.346. The molecule has 2 bridgehead atoms. The van der Waals surface area contributed by atoms with E-state index in [1.54, 1.807) is 0 Å². The van der Waals surface area contributed by atoms with E-state index >= 15 is 0 Å². The van der Waals surface area contributed by atoms with Crippen LogP contribution in [0.1, 0.15) is 44.9 Å². The van der Waals surface area contributed by atoms with Crippen molar-refractivity contribution in [3.63, 3.8) is 0 Å². The van der Waals surface area contributed by atoms with Crippen LogP contribution in [-0.4, -0.2) is 47.4 Å². The van der Waals surface area contributed by atoms with Crippen molar-refractivity contribution in [1.82, 2.24) is 9.80 Å². The highest BCUT2D eigenvalue weighted by Gasteiger charge is 2.50. The molecule has 4 rings (SSSR count). The van der Waals surface area contributed by atoms with Crippen LogP contribution < -0.4 is 0 Å². The van der Waals surface area contributed by atoms with Gasteiger partial charge in [-0.15, -0.1) is 0 Å². The normalized spacial score (nSPS) is 44.4. The number of hydrogen-bond acceptors (Lipinski definition) is 2. The minimum Gasteiger partial charge on any atom is -0.339 e. The number of piperidine rings is 4. The molecule has 3 nitrogen and oxygen atoms in total. The molecule has 100 valence electrons. The first kappa shape index (κ1) is 11.3. The summed E-state index contributed by atoms with van der Waals surface area (Å²) in [4.78, 5) is 17.7. The van der Waals surface area contributed by atoms with E-state index < -0.39 is 0 Å². The zero-order valence-electron chi connectivity index (χ0n) is 11.2. The first-order valence-electron chi connectivity index (χ1n) is 7.89. The molecule has 0 aromatic heterocycles. The fourth-order valence-corrected chi connectivity index (χ4v) is 5.04.